The van der Waals surface area contributed by atoms with Crippen LogP contribution in [0.15, 0.2) is 91.1 Å². The first-order valence-electron chi connectivity index (χ1n) is 21.6. The number of carbonyl (C=O) groups is 3. The van der Waals surface area contributed by atoms with Gasteiger partial charge in [-0.2, -0.15) is 0 Å². The molecule has 0 unspecified atom stereocenters. The molecular formula is C49H56N6O6. The zero-order valence-corrected chi connectivity index (χ0v) is 35.9. The molecule has 4 aromatic carbocycles. The van der Waals surface area contributed by atoms with E-state index in [-0.39, 0.29) is 36.8 Å². The number of anilines is 1. The van der Waals surface area contributed by atoms with Crippen molar-refractivity contribution in [3.05, 3.63) is 119 Å². The Bertz CT molecular complexity index is 2440. The lowest BCUT2D eigenvalue weighted by Gasteiger charge is -2.41. The molecule has 5 heterocycles. The molecule has 0 radical (unpaired) electrons. The van der Waals surface area contributed by atoms with Crippen molar-refractivity contribution < 1.29 is 28.6 Å². The van der Waals surface area contributed by atoms with Gasteiger partial charge in [0, 0.05) is 87.8 Å². The first kappa shape index (κ1) is 40.6. The summed E-state index contributed by atoms with van der Waals surface area (Å²) in [6, 6.07) is 27.9. The van der Waals surface area contributed by atoms with E-state index in [4.69, 9.17) is 14.2 Å². The number of ether oxygens (including phenoxy) is 3. The second kappa shape index (κ2) is 16.5. The molecule has 3 amide bonds. The maximum Gasteiger partial charge on any atom is 0.410 e. The summed E-state index contributed by atoms with van der Waals surface area (Å²) in [7, 11) is 2.16. The van der Waals surface area contributed by atoms with Crippen LogP contribution in [-0.2, 0) is 17.7 Å². The van der Waals surface area contributed by atoms with Gasteiger partial charge in [0.25, 0.3) is 11.8 Å². The van der Waals surface area contributed by atoms with Crippen LogP contribution in [0.5, 0.6) is 11.5 Å². The average Bonchev–Trinajstić information content (AvgIpc) is 3.88. The van der Waals surface area contributed by atoms with Crippen molar-refractivity contribution in [1.29, 1.82) is 0 Å². The number of hydrogen-bond acceptors (Lipinski definition) is 8. The lowest BCUT2D eigenvalue weighted by Crippen LogP contribution is -2.53. The van der Waals surface area contributed by atoms with Crippen LogP contribution in [0, 0.1) is 6.92 Å². The van der Waals surface area contributed by atoms with Crippen LogP contribution >= 0.6 is 0 Å². The fraction of sp³-hybridized carbons (Fsp3) is 0.408. The number of rotatable bonds is 7. The second-order valence-electron chi connectivity index (χ2n) is 18.0. The maximum absolute atomic E-state index is 15.3. The summed E-state index contributed by atoms with van der Waals surface area (Å²) in [6.07, 6.45) is 3.49. The van der Waals surface area contributed by atoms with Crippen LogP contribution in [-0.4, -0.2) is 119 Å². The van der Waals surface area contributed by atoms with Gasteiger partial charge in [0.1, 0.15) is 5.60 Å². The third-order valence-corrected chi connectivity index (χ3v) is 12.6. The summed E-state index contributed by atoms with van der Waals surface area (Å²) in [5, 5.41) is 0.770. The molecule has 12 heteroatoms. The summed E-state index contributed by atoms with van der Waals surface area (Å²) >= 11 is 0. The Hall–Kier alpha value is -5.85. The highest BCUT2D eigenvalue weighted by Crippen LogP contribution is 2.40. The maximum atomic E-state index is 15.3. The lowest BCUT2D eigenvalue weighted by atomic mass is 9.92. The standard InChI is InChI=1S/C49H56N6O6/c1-33-14-16-36(17-15-33)55(37-18-20-52(21-19-37)48(58)61-49(2,3)4)47(57)41-31-54(42-13-9-8-12-39(41)42)43-28-45-44(59-32-60-45)27-40(43)46(56)53-29-35-11-7-6-10-34(35)26-38(53)30-51-24-22-50(5)23-25-51/h6-17,27-28,31,37-38H,18-26,29-30,32H2,1-5H3/t38-/m0/s1. The van der Waals surface area contributed by atoms with Crippen molar-refractivity contribution in [2.24, 2.45) is 0 Å². The number of piperidine rings is 1. The van der Waals surface area contributed by atoms with Gasteiger partial charge in [-0.15, -0.1) is 0 Å². The van der Waals surface area contributed by atoms with Gasteiger partial charge in [0.15, 0.2) is 11.5 Å². The number of amides is 3. The number of piperazine rings is 1. The zero-order chi connectivity index (χ0) is 42.4. The topological polar surface area (TPSA) is 100 Å². The fourth-order valence-corrected chi connectivity index (χ4v) is 9.28. The molecule has 9 rings (SSSR count). The Balaban J connectivity index is 1.09. The molecule has 0 saturated carbocycles. The van der Waals surface area contributed by atoms with E-state index in [2.05, 4.69) is 35.0 Å². The van der Waals surface area contributed by atoms with Crippen LogP contribution in [0.3, 0.4) is 0 Å². The van der Waals surface area contributed by atoms with Crippen LogP contribution in [0.4, 0.5) is 10.5 Å². The van der Waals surface area contributed by atoms with Crippen molar-refractivity contribution in [2.75, 3.05) is 64.6 Å². The number of benzene rings is 4. The minimum atomic E-state index is -0.597. The number of aromatic nitrogens is 1. The highest BCUT2D eigenvalue weighted by atomic mass is 16.7. The Morgan fingerprint density at radius 2 is 1.48 bits per heavy atom. The molecule has 61 heavy (non-hydrogen) atoms. The van der Waals surface area contributed by atoms with Crippen LogP contribution in [0.25, 0.3) is 16.6 Å². The molecule has 4 aliphatic rings. The molecule has 0 aliphatic carbocycles. The van der Waals surface area contributed by atoms with E-state index in [0.717, 1.165) is 66.9 Å². The van der Waals surface area contributed by atoms with Crippen molar-refractivity contribution in [1.82, 2.24) is 24.2 Å². The molecule has 1 aromatic heterocycles. The third-order valence-electron chi connectivity index (χ3n) is 12.6. The smallest absolute Gasteiger partial charge is 0.410 e. The minimum absolute atomic E-state index is 0.0348. The molecule has 12 nitrogen and oxygen atoms in total. The molecule has 5 aromatic rings. The monoisotopic (exact) mass is 824 g/mol. The zero-order valence-electron chi connectivity index (χ0n) is 35.9. The minimum Gasteiger partial charge on any atom is -0.454 e. The van der Waals surface area contributed by atoms with Gasteiger partial charge in [0.2, 0.25) is 6.79 Å². The first-order valence-corrected chi connectivity index (χ1v) is 21.6. The summed E-state index contributed by atoms with van der Waals surface area (Å²) in [4.78, 5) is 54.2. The number of likely N-dealkylation sites (tertiary alicyclic amines) is 1. The Morgan fingerprint density at radius 1 is 0.803 bits per heavy atom. The SMILES string of the molecule is Cc1ccc(N(C(=O)c2cn(-c3cc4c(cc3C(=O)N3Cc5ccccc5C[C@H]3CN3CCN(C)CC3)OCO4)c3ccccc23)C2CCN(C(=O)OC(C)(C)C)CC2)cc1. The molecule has 1 atom stereocenters. The fourth-order valence-electron chi connectivity index (χ4n) is 9.28. The van der Waals surface area contributed by atoms with E-state index < -0.39 is 5.60 Å². The summed E-state index contributed by atoms with van der Waals surface area (Å²) < 4.78 is 19.5. The molecule has 318 valence electrons. The normalized spacial score (nSPS) is 18.6. The molecule has 4 aliphatic heterocycles. The van der Waals surface area contributed by atoms with Crippen LogP contribution < -0.4 is 14.4 Å². The molecule has 0 N–H and O–H groups in total. The molecular weight excluding hydrogens is 769 g/mol. The van der Waals surface area contributed by atoms with Gasteiger partial charge in [-0.05, 0) is 89.4 Å². The van der Waals surface area contributed by atoms with Gasteiger partial charge in [-0.1, -0.05) is 60.2 Å². The van der Waals surface area contributed by atoms with Gasteiger partial charge < -0.3 is 38.4 Å². The number of fused-ring (bicyclic) bond motifs is 3. The number of nitrogens with zero attached hydrogens (tertiary/aromatic N) is 6. The van der Waals surface area contributed by atoms with Crippen molar-refractivity contribution in [2.45, 2.75) is 71.2 Å². The third kappa shape index (κ3) is 8.31. The van der Waals surface area contributed by atoms with Crippen molar-refractivity contribution >= 4 is 34.5 Å². The van der Waals surface area contributed by atoms with Gasteiger partial charge in [0.05, 0.1) is 22.3 Å². The van der Waals surface area contributed by atoms with Crippen molar-refractivity contribution in [3.63, 3.8) is 0 Å². The van der Waals surface area contributed by atoms with E-state index >= 15 is 9.59 Å². The van der Waals surface area contributed by atoms with E-state index in [1.54, 1.807) is 4.90 Å². The Labute approximate surface area is 358 Å². The lowest BCUT2D eigenvalue weighted by molar-refractivity contribution is 0.0205. The van der Waals surface area contributed by atoms with Crippen molar-refractivity contribution in [3.8, 4) is 17.2 Å². The van der Waals surface area contributed by atoms with E-state index in [9.17, 15) is 4.79 Å². The Kier molecular flexibility index (Phi) is 11.0. The van der Waals surface area contributed by atoms with E-state index in [1.165, 1.54) is 5.56 Å². The Morgan fingerprint density at radius 3 is 2.20 bits per heavy atom. The highest BCUT2D eigenvalue weighted by Gasteiger charge is 2.37. The summed E-state index contributed by atoms with van der Waals surface area (Å²) in [6.45, 7) is 13.8. The molecule has 2 saturated heterocycles. The molecule has 2 fully saturated rings. The van der Waals surface area contributed by atoms with Crippen LogP contribution in [0.1, 0.15) is 71.0 Å². The predicted molar refractivity (Wildman–Crippen MR) is 236 cm³/mol. The van der Waals surface area contributed by atoms with Crippen LogP contribution in [0.2, 0.25) is 0 Å². The van der Waals surface area contributed by atoms with Gasteiger partial charge in [-0.25, -0.2) is 4.79 Å². The summed E-state index contributed by atoms with van der Waals surface area (Å²) in [5.41, 5.74) is 6.13. The number of carbonyl (C=O) groups excluding carboxylic acids is 3. The number of para-hydroxylation sites is 1. The first-order chi connectivity index (χ1) is 29.4. The van der Waals surface area contributed by atoms with E-state index in [0.29, 0.717) is 60.8 Å². The number of aryl methyl sites for hydroxylation is 1. The molecule has 0 bridgehead atoms. The quantitative estimate of drug-likeness (QED) is 0.166. The highest BCUT2D eigenvalue weighted by molar-refractivity contribution is 6.15. The summed E-state index contributed by atoms with van der Waals surface area (Å²) in [5.74, 6) is 0.831. The van der Waals surface area contributed by atoms with E-state index in [1.807, 2.05) is 115 Å². The van der Waals surface area contributed by atoms with Gasteiger partial charge >= 0.3 is 6.09 Å². The predicted octanol–water partition coefficient (Wildman–Crippen LogP) is 7.53. The average molecular weight is 825 g/mol. The number of likely N-dealkylation sites (N-methyl/N-ethyl adjacent to an activating group) is 1. The molecule has 0 spiro atoms. The largest absolute Gasteiger partial charge is 0.454 e. The number of hydrogen-bond donors (Lipinski definition) is 0. The van der Waals surface area contributed by atoms with Gasteiger partial charge in [-0.3, -0.25) is 14.5 Å². The second-order valence-corrected chi connectivity index (χ2v) is 18.0.